The summed E-state index contributed by atoms with van der Waals surface area (Å²) in [5, 5.41) is 9.67. The number of fused-ring (bicyclic) bond motifs is 1. The van der Waals surface area contributed by atoms with E-state index in [1.54, 1.807) is 11.8 Å². The molecule has 1 aromatic carbocycles. The van der Waals surface area contributed by atoms with E-state index in [0.29, 0.717) is 31.8 Å². The molecule has 1 N–H and O–H groups in total. The van der Waals surface area contributed by atoms with Crippen LogP contribution in [0.3, 0.4) is 0 Å². The summed E-state index contributed by atoms with van der Waals surface area (Å²) >= 11 is 0. The number of hydrogen-bond acceptors (Lipinski definition) is 4. The minimum atomic E-state index is -0.928. The van der Waals surface area contributed by atoms with E-state index in [0.717, 1.165) is 17.0 Å². The van der Waals surface area contributed by atoms with Crippen LogP contribution in [0.15, 0.2) is 34.7 Å². The Kier molecular flexibility index (Phi) is 3.75. The number of carbonyl (C=O) groups excluding carboxylic acids is 1. The van der Waals surface area contributed by atoms with Gasteiger partial charge < -0.3 is 14.4 Å². The molecule has 5 heteroatoms. The molecule has 2 heterocycles. The molecule has 0 aliphatic carbocycles. The van der Waals surface area contributed by atoms with E-state index in [-0.39, 0.29) is 5.91 Å². The molecule has 5 nitrogen and oxygen atoms in total. The number of aromatic nitrogens is 1. The largest absolute Gasteiger partial charge is 0.439 e. The fourth-order valence-electron chi connectivity index (χ4n) is 2.47. The number of oxazole rings is 1. The average Bonchev–Trinajstić information content (AvgIpc) is 2.97. The van der Waals surface area contributed by atoms with Gasteiger partial charge in [-0.1, -0.05) is 25.1 Å². The van der Waals surface area contributed by atoms with Crippen LogP contribution in [-0.4, -0.2) is 33.5 Å². The number of amides is 1. The van der Waals surface area contributed by atoms with Crippen molar-refractivity contribution in [3.8, 4) is 11.5 Å². The van der Waals surface area contributed by atoms with Gasteiger partial charge in [0.25, 0.3) is 5.91 Å². The van der Waals surface area contributed by atoms with Crippen LogP contribution in [0.2, 0.25) is 0 Å². The molecular formula is C16H18N2O3. The highest BCUT2D eigenvalue weighted by atomic mass is 16.4. The van der Waals surface area contributed by atoms with Crippen molar-refractivity contribution in [2.24, 2.45) is 0 Å². The number of benzene rings is 1. The van der Waals surface area contributed by atoms with Gasteiger partial charge in [0.2, 0.25) is 5.89 Å². The van der Waals surface area contributed by atoms with Crippen molar-refractivity contribution in [2.75, 3.05) is 6.54 Å². The summed E-state index contributed by atoms with van der Waals surface area (Å²) in [7, 11) is 0. The number of rotatable bonds is 3. The van der Waals surface area contributed by atoms with Gasteiger partial charge in [0, 0.05) is 18.5 Å². The molecule has 2 aromatic rings. The fourth-order valence-corrected chi connectivity index (χ4v) is 2.47. The van der Waals surface area contributed by atoms with Crippen LogP contribution in [0.4, 0.5) is 0 Å². The van der Waals surface area contributed by atoms with Gasteiger partial charge in [-0.05, 0) is 18.6 Å². The van der Waals surface area contributed by atoms with Crippen LogP contribution >= 0.6 is 0 Å². The van der Waals surface area contributed by atoms with Crippen LogP contribution in [0.1, 0.15) is 24.8 Å². The normalized spacial score (nSPS) is 15.6. The molecule has 1 amide bonds. The van der Waals surface area contributed by atoms with Crippen LogP contribution in [0, 0.1) is 0 Å². The molecule has 1 atom stereocenters. The molecule has 1 aliphatic heterocycles. The molecule has 110 valence electrons. The molecule has 1 aromatic heterocycles. The van der Waals surface area contributed by atoms with E-state index in [1.165, 1.54) is 0 Å². The predicted octanol–water partition coefficient (Wildman–Crippen LogP) is 2.00. The quantitative estimate of drug-likeness (QED) is 0.937. The Bertz CT molecular complexity index is 636. The first-order chi connectivity index (χ1) is 10.2. The van der Waals surface area contributed by atoms with E-state index >= 15 is 0 Å². The van der Waals surface area contributed by atoms with Crippen molar-refractivity contribution in [2.45, 2.75) is 32.4 Å². The molecule has 0 radical (unpaired) electrons. The van der Waals surface area contributed by atoms with Gasteiger partial charge >= 0.3 is 0 Å². The van der Waals surface area contributed by atoms with Gasteiger partial charge in [-0.25, -0.2) is 4.98 Å². The molecule has 0 saturated heterocycles. The van der Waals surface area contributed by atoms with E-state index in [2.05, 4.69) is 4.98 Å². The summed E-state index contributed by atoms with van der Waals surface area (Å²) in [6, 6.07) is 9.71. The zero-order chi connectivity index (χ0) is 14.8. The number of aliphatic hydroxyl groups is 1. The van der Waals surface area contributed by atoms with E-state index < -0.39 is 6.10 Å². The summed E-state index contributed by atoms with van der Waals surface area (Å²) in [5.41, 5.74) is 1.84. The smallest absolute Gasteiger partial charge is 0.251 e. The molecule has 3 rings (SSSR count). The number of aliphatic hydroxyl groups excluding tert-OH is 1. The summed E-state index contributed by atoms with van der Waals surface area (Å²) in [4.78, 5) is 18.2. The fraction of sp³-hybridized carbons (Fsp3) is 0.375. The lowest BCUT2D eigenvalue weighted by atomic mass is 10.1. The van der Waals surface area contributed by atoms with Crippen molar-refractivity contribution in [3.63, 3.8) is 0 Å². The summed E-state index contributed by atoms with van der Waals surface area (Å²) < 4.78 is 5.80. The van der Waals surface area contributed by atoms with Gasteiger partial charge in [0.1, 0.15) is 11.9 Å². The maximum absolute atomic E-state index is 12.0. The molecule has 21 heavy (non-hydrogen) atoms. The topological polar surface area (TPSA) is 66.6 Å². The van der Waals surface area contributed by atoms with Crippen molar-refractivity contribution in [1.29, 1.82) is 0 Å². The van der Waals surface area contributed by atoms with Crippen molar-refractivity contribution in [1.82, 2.24) is 9.88 Å². The monoisotopic (exact) mass is 286 g/mol. The van der Waals surface area contributed by atoms with Crippen LogP contribution in [-0.2, 0) is 17.8 Å². The van der Waals surface area contributed by atoms with Gasteiger partial charge in [0.05, 0.1) is 12.2 Å². The molecular weight excluding hydrogens is 268 g/mol. The number of nitrogens with zero attached hydrogens (tertiary/aromatic N) is 2. The van der Waals surface area contributed by atoms with Gasteiger partial charge in [0.15, 0.2) is 0 Å². The molecule has 0 saturated carbocycles. The van der Waals surface area contributed by atoms with Crippen molar-refractivity contribution < 1.29 is 14.3 Å². The van der Waals surface area contributed by atoms with Gasteiger partial charge in [-0.15, -0.1) is 0 Å². The lowest BCUT2D eigenvalue weighted by molar-refractivity contribution is -0.141. The minimum Gasteiger partial charge on any atom is -0.439 e. The Morgan fingerprint density at radius 3 is 2.90 bits per heavy atom. The first-order valence-corrected chi connectivity index (χ1v) is 7.20. The van der Waals surface area contributed by atoms with E-state index in [4.69, 9.17) is 4.42 Å². The zero-order valence-electron chi connectivity index (χ0n) is 12.0. The van der Waals surface area contributed by atoms with Crippen molar-refractivity contribution in [3.05, 3.63) is 41.8 Å². The average molecular weight is 286 g/mol. The lowest BCUT2D eigenvalue weighted by Gasteiger charge is -2.26. The van der Waals surface area contributed by atoms with Crippen LogP contribution in [0.5, 0.6) is 0 Å². The Hall–Kier alpha value is -2.14. The van der Waals surface area contributed by atoms with Gasteiger partial charge in [-0.3, -0.25) is 4.79 Å². The molecule has 1 unspecified atom stereocenters. The second kappa shape index (κ2) is 5.69. The van der Waals surface area contributed by atoms with Crippen LogP contribution in [0.25, 0.3) is 11.5 Å². The third kappa shape index (κ3) is 2.69. The van der Waals surface area contributed by atoms with Crippen LogP contribution < -0.4 is 0 Å². The Morgan fingerprint density at radius 1 is 1.43 bits per heavy atom. The Labute approximate surface area is 123 Å². The second-order valence-corrected chi connectivity index (χ2v) is 5.19. The zero-order valence-corrected chi connectivity index (χ0v) is 12.0. The predicted molar refractivity (Wildman–Crippen MR) is 77.4 cm³/mol. The number of carbonyl (C=O) groups is 1. The van der Waals surface area contributed by atoms with E-state index in [9.17, 15) is 9.90 Å². The molecule has 1 aliphatic rings. The molecule has 0 spiro atoms. The second-order valence-electron chi connectivity index (χ2n) is 5.19. The highest BCUT2D eigenvalue weighted by molar-refractivity contribution is 5.80. The minimum absolute atomic E-state index is 0.235. The highest BCUT2D eigenvalue weighted by Crippen LogP contribution is 2.26. The SMILES string of the molecule is CCC(O)C(=O)N1CCc2nc(-c3ccccc3)oc2C1. The lowest BCUT2D eigenvalue weighted by Crippen LogP contribution is -2.41. The third-order valence-electron chi connectivity index (χ3n) is 3.74. The van der Waals surface area contributed by atoms with E-state index in [1.807, 2.05) is 30.3 Å². The maximum Gasteiger partial charge on any atom is 0.251 e. The summed E-state index contributed by atoms with van der Waals surface area (Å²) in [5.74, 6) is 1.07. The molecule has 0 fully saturated rings. The third-order valence-corrected chi connectivity index (χ3v) is 3.74. The first-order valence-electron chi connectivity index (χ1n) is 7.20. The first kappa shape index (κ1) is 13.8. The standard InChI is InChI=1S/C16H18N2O3/c1-2-13(19)16(20)18-9-8-12-14(10-18)21-15(17-12)11-6-4-3-5-7-11/h3-7,13,19H,2,8-10H2,1H3. The highest BCUT2D eigenvalue weighted by Gasteiger charge is 2.28. The summed E-state index contributed by atoms with van der Waals surface area (Å²) in [6.45, 7) is 2.74. The van der Waals surface area contributed by atoms with Gasteiger partial charge in [-0.2, -0.15) is 0 Å². The summed E-state index contributed by atoms with van der Waals surface area (Å²) in [6.07, 6.45) is 0.157. The Morgan fingerprint density at radius 2 is 2.19 bits per heavy atom. The number of hydrogen-bond donors (Lipinski definition) is 1. The molecule has 0 bridgehead atoms. The van der Waals surface area contributed by atoms with Crippen molar-refractivity contribution >= 4 is 5.91 Å². The Balaban J connectivity index is 1.81. The maximum atomic E-state index is 12.0.